The molecule has 7 heteroatoms. The van der Waals surface area contributed by atoms with Crippen LogP contribution in [0.2, 0.25) is 0 Å². The summed E-state index contributed by atoms with van der Waals surface area (Å²) < 4.78 is 0. The van der Waals surface area contributed by atoms with E-state index in [1.165, 1.54) is 18.9 Å². The third-order valence-corrected chi connectivity index (χ3v) is 7.43. The lowest BCUT2D eigenvalue weighted by atomic mass is 9.72. The van der Waals surface area contributed by atoms with Crippen LogP contribution in [0.4, 0.5) is 5.82 Å². The number of benzene rings is 1. The maximum absolute atomic E-state index is 12.2. The highest BCUT2D eigenvalue weighted by Gasteiger charge is 2.31. The van der Waals surface area contributed by atoms with Crippen molar-refractivity contribution in [2.75, 3.05) is 19.4 Å². The van der Waals surface area contributed by atoms with E-state index in [2.05, 4.69) is 25.4 Å². The Morgan fingerprint density at radius 1 is 1.34 bits per heavy atom. The number of aromatic amines is 1. The van der Waals surface area contributed by atoms with Crippen molar-refractivity contribution in [1.82, 2.24) is 9.88 Å². The van der Waals surface area contributed by atoms with Crippen molar-refractivity contribution in [2.45, 2.75) is 57.9 Å². The molecule has 1 amide bonds. The molecule has 1 aromatic heterocycles. The predicted molar refractivity (Wildman–Crippen MR) is 142 cm³/mol. The number of aromatic hydroxyl groups is 1. The van der Waals surface area contributed by atoms with Crippen molar-refractivity contribution in [3.05, 3.63) is 59.3 Å². The first-order valence-electron chi connectivity index (χ1n) is 12.5. The second-order valence-corrected chi connectivity index (χ2v) is 9.94. The maximum atomic E-state index is 12.2. The van der Waals surface area contributed by atoms with E-state index in [1.807, 2.05) is 12.1 Å². The summed E-state index contributed by atoms with van der Waals surface area (Å²) in [7, 11) is 1.69. The van der Waals surface area contributed by atoms with Crippen molar-refractivity contribution < 1.29 is 15.0 Å². The van der Waals surface area contributed by atoms with E-state index in [0.29, 0.717) is 29.4 Å². The summed E-state index contributed by atoms with van der Waals surface area (Å²) in [6.45, 7) is 7.81. The van der Waals surface area contributed by atoms with E-state index in [0.717, 1.165) is 35.6 Å². The number of rotatable bonds is 11. The Bertz CT molecular complexity index is 1070. The van der Waals surface area contributed by atoms with Crippen LogP contribution in [0.15, 0.2) is 36.9 Å². The van der Waals surface area contributed by atoms with E-state index < -0.39 is 0 Å². The molecule has 1 aliphatic carbocycles. The standard InChI is InChI=1S/C28H40N4O3/c1-5-19(14-20(16-33)32(4)26(35)6-2)27-22(13-18-11-17(3)12-18)23(28(30)31-27)15-24(29)21-9-7-8-10-25(21)34/h6-10,15,17-20,31,33-34H,2,5,11-14,16,29-30H2,1,3-4H3/b24-15-. The zero-order valence-corrected chi connectivity index (χ0v) is 21.1. The smallest absolute Gasteiger partial charge is 0.246 e. The number of phenols is 1. The Balaban J connectivity index is 2.01. The van der Waals surface area contributed by atoms with Crippen LogP contribution in [-0.2, 0) is 11.2 Å². The topological polar surface area (TPSA) is 129 Å². The van der Waals surface area contributed by atoms with E-state index in [-0.39, 0.29) is 30.2 Å². The first kappa shape index (κ1) is 26.4. The lowest BCUT2D eigenvalue weighted by Crippen LogP contribution is -2.39. The van der Waals surface area contributed by atoms with Crippen LogP contribution >= 0.6 is 0 Å². The molecule has 1 heterocycles. The molecule has 1 saturated carbocycles. The highest BCUT2D eigenvalue weighted by atomic mass is 16.3. The third-order valence-electron chi connectivity index (χ3n) is 7.43. The molecular formula is C28H40N4O3. The van der Waals surface area contributed by atoms with Gasteiger partial charge in [-0.05, 0) is 73.8 Å². The Morgan fingerprint density at radius 2 is 2.03 bits per heavy atom. The number of anilines is 1. The summed E-state index contributed by atoms with van der Waals surface area (Å²) in [5.74, 6) is 1.81. The van der Waals surface area contributed by atoms with Gasteiger partial charge in [0.15, 0.2) is 0 Å². The lowest BCUT2D eigenvalue weighted by molar-refractivity contribution is -0.127. The van der Waals surface area contributed by atoms with Crippen molar-refractivity contribution in [3.63, 3.8) is 0 Å². The number of H-pyrrole nitrogens is 1. The Hall–Kier alpha value is -3.19. The first-order valence-corrected chi connectivity index (χ1v) is 12.5. The fourth-order valence-electron chi connectivity index (χ4n) is 5.30. The molecule has 0 bridgehead atoms. The number of nitrogens with one attached hydrogen (secondary N) is 1. The average Bonchev–Trinajstić information content (AvgIpc) is 3.12. The molecule has 1 aliphatic rings. The minimum absolute atomic E-state index is 0.0653. The van der Waals surface area contributed by atoms with Crippen LogP contribution in [0.1, 0.15) is 67.8 Å². The number of aliphatic hydroxyl groups is 1. The highest BCUT2D eigenvalue weighted by molar-refractivity contribution is 5.87. The first-order chi connectivity index (χ1) is 16.7. The molecule has 0 radical (unpaired) electrons. The monoisotopic (exact) mass is 480 g/mol. The van der Waals surface area contributed by atoms with Gasteiger partial charge in [0.2, 0.25) is 5.91 Å². The van der Waals surface area contributed by atoms with Gasteiger partial charge in [-0.15, -0.1) is 0 Å². The van der Waals surface area contributed by atoms with Gasteiger partial charge in [-0.2, -0.15) is 0 Å². The molecule has 0 saturated heterocycles. The molecule has 1 aromatic carbocycles. The SMILES string of the molecule is C=CC(=O)N(C)C(CO)CC(CC)c1[nH]c(N)c(/C=C(\N)c2ccccc2O)c1CC1CC(C)C1. The van der Waals surface area contributed by atoms with E-state index in [1.54, 1.807) is 30.1 Å². The predicted octanol–water partition coefficient (Wildman–Crippen LogP) is 4.24. The van der Waals surface area contributed by atoms with Gasteiger partial charge in [0.1, 0.15) is 11.6 Å². The van der Waals surface area contributed by atoms with Gasteiger partial charge in [0, 0.05) is 35.5 Å². The Kier molecular flexibility index (Phi) is 8.67. The number of para-hydroxylation sites is 1. The van der Waals surface area contributed by atoms with Crippen LogP contribution in [0, 0.1) is 11.8 Å². The quantitative estimate of drug-likeness (QED) is 0.307. The van der Waals surface area contributed by atoms with Gasteiger partial charge in [-0.3, -0.25) is 4.79 Å². The zero-order valence-electron chi connectivity index (χ0n) is 21.1. The molecule has 35 heavy (non-hydrogen) atoms. The van der Waals surface area contributed by atoms with Gasteiger partial charge in [0.25, 0.3) is 0 Å². The molecule has 2 unspecified atom stereocenters. The number of likely N-dealkylation sites (N-methyl/N-ethyl adjacent to an activating group) is 1. The van der Waals surface area contributed by atoms with Gasteiger partial charge in [0.05, 0.1) is 12.6 Å². The largest absolute Gasteiger partial charge is 0.507 e. The van der Waals surface area contributed by atoms with Crippen LogP contribution in [0.5, 0.6) is 5.75 Å². The van der Waals surface area contributed by atoms with Gasteiger partial charge >= 0.3 is 0 Å². The summed E-state index contributed by atoms with van der Waals surface area (Å²) in [6, 6.07) is 6.65. The van der Waals surface area contributed by atoms with E-state index in [9.17, 15) is 15.0 Å². The molecule has 0 spiro atoms. The van der Waals surface area contributed by atoms with Crippen molar-refractivity contribution in [2.24, 2.45) is 17.6 Å². The molecule has 0 aliphatic heterocycles. The number of aromatic nitrogens is 1. The average molecular weight is 481 g/mol. The number of nitrogens with zero attached hydrogens (tertiary/aromatic N) is 1. The molecular weight excluding hydrogens is 440 g/mol. The molecule has 1 fully saturated rings. The fraction of sp³-hybridized carbons (Fsp3) is 0.464. The van der Waals surface area contributed by atoms with Crippen LogP contribution in [-0.4, -0.2) is 45.7 Å². The Morgan fingerprint density at radius 3 is 2.60 bits per heavy atom. The minimum atomic E-state index is -0.336. The normalized spacial score (nSPS) is 19.6. The number of nitrogens with two attached hydrogens (primary N) is 2. The fourth-order valence-corrected chi connectivity index (χ4v) is 5.30. The summed E-state index contributed by atoms with van der Waals surface area (Å²) in [5.41, 5.74) is 17.0. The van der Waals surface area contributed by atoms with Crippen LogP contribution < -0.4 is 11.5 Å². The molecule has 2 aromatic rings. The number of hydrogen-bond donors (Lipinski definition) is 5. The maximum Gasteiger partial charge on any atom is 0.246 e. The molecule has 3 rings (SSSR count). The summed E-state index contributed by atoms with van der Waals surface area (Å²) in [4.78, 5) is 17.1. The van der Waals surface area contributed by atoms with E-state index >= 15 is 0 Å². The third kappa shape index (κ3) is 5.90. The number of amides is 1. The van der Waals surface area contributed by atoms with Crippen molar-refractivity contribution >= 4 is 23.5 Å². The molecule has 7 nitrogen and oxygen atoms in total. The number of phenolic OH excluding ortho intramolecular Hbond substituents is 1. The number of carbonyl (C=O) groups is 1. The molecule has 190 valence electrons. The minimum Gasteiger partial charge on any atom is -0.507 e. The lowest BCUT2D eigenvalue weighted by Gasteiger charge is -2.34. The molecule has 2 atom stereocenters. The van der Waals surface area contributed by atoms with Crippen LogP contribution in [0.3, 0.4) is 0 Å². The summed E-state index contributed by atoms with van der Waals surface area (Å²) >= 11 is 0. The number of aliphatic hydroxyl groups excluding tert-OH is 1. The second-order valence-electron chi connectivity index (χ2n) is 9.94. The van der Waals surface area contributed by atoms with E-state index in [4.69, 9.17) is 11.5 Å². The van der Waals surface area contributed by atoms with Crippen LogP contribution in [0.25, 0.3) is 11.8 Å². The van der Waals surface area contributed by atoms with Gasteiger partial charge in [-0.25, -0.2) is 0 Å². The zero-order chi connectivity index (χ0) is 25.7. The summed E-state index contributed by atoms with van der Waals surface area (Å²) in [6.07, 6.45) is 7.77. The number of nitrogen functional groups attached to an aromatic ring is 1. The number of carbonyl (C=O) groups excluding carboxylic acids is 1. The van der Waals surface area contributed by atoms with Gasteiger partial charge < -0.3 is 31.6 Å². The summed E-state index contributed by atoms with van der Waals surface area (Å²) in [5, 5.41) is 20.3. The Labute approximate surface area is 208 Å². The van der Waals surface area contributed by atoms with Crippen molar-refractivity contribution in [1.29, 1.82) is 0 Å². The highest BCUT2D eigenvalue weighted by Crippen LogP contribution is 2.41. The number of hydrogen-bond acceptors (Lipinski definition) is 5. The second kappa shape index (κ2) is 11.5. The molecule has 7 N–H and O–H groups in total. The van der Waals surface area contributed by atoms with Crippen molar-refractivity contribution in [3.8, 4) is 5.75 Å². The van der Waals surface area contributed by atoms with Gasteiger partial charge in [-0.1, -0.05) is 32.6 Å².